The van der Waals surface area contributed by atoms with E-state index >= 15 is 0 Å². The van der Waals surface area contributed by atoms with Gasteiger partial charge >= 0.3 is 0 Å². The van der Waals surface area contributed by atoms with Crippen molar-refractivity contribution >= 4 is 75.1 Å². The van der Waals surface area contributed by atoms with Gasteiger partial charge in [0.2, 0.25) is 0 Å². The zero-order valence-electron chi connectivity index (χ0n) is 11.2. The summed E-state index contributed by atoms with van der Waals surface area (Å²) in [4.78, 5) is 1.90. The van der Waals surface area contributed by atoms with Crippen molar-refractivity contribution in [2.45, 2.75) is 12.8 Å². The summed E-state index contributed by atoms with van der Waals surface area (Å²) in [6.45, 7) is 0.835. The average molecular weight is 558 g/mol. The Labute approximate surface area is 162 Å². The fourth-order valence-corrected chi connectivity index (χ4v) is 5.12. The van der Waals surface area contributed by atoms with Gasteiger partial charge in [-0.1, -0.05) is 0 Å². The Balaban J connectivity index is 2.62. The molecule has 1 unspecified atom stereocenters. The van der Waals surface area contributed by atoms with Crippen LogP contribution in [0.25, 0.3) is 0 Å². The lowest BCUT2D eigenvalue weighted by molar-refractivity contribution is 0.398. The number of nitrogens with zero attached hydrogens (tertiary/aromatic N) is 4. The standard InChI is InChI=1S/C13H10Br4N4O/c14-8-9(15)11(17)13-12(10(8)16)20(5-1-3-18)7-21(13,22)6-2-4-19/h1-2,5-7H2. The first-order valence-corrected chi connectivity index (χ1v) is 9.48. The van der Waals surface area contributed by atoms with E-state index in [0.717, 1.165) is 19.1 Å². The Kier molecular flexibility index (Phi) is 5.92. The number of fused-ring (bicyclic) bond motifs is 1. The lowest BCUT2D eigenvalue weighted by atomic mass is 10.2. The minimum Gasteiger partial charge on any atom is -0.626 e. The molecule has 116 valence electrons. The minimum atomic E-state index is -0.612. The van der Waals surface area contributed by atoms with Crippen molar-refractivity contribution in [2.24, 2.45) is 0 Å². The predicted molar refractivity (Wildman–Crippen MR) is 99.9 cm³/mol. The topological polar surface area (TPSA) is 73.9 Å². The van der Waals surface area contributed by atoms with Crippen molar-refractivity contribution < 1.29 is 0 Å². The maximum absolute atomic E-state index is 13.3. The van der Waals surface area contributed by atoms with E-state index in [0.29, 0.717) is 23.1 Å². The van der Waals surface area contributed by atoms with Crippen LogP contribution in [0.4, 0.5) is 11.4 Å². The van der Waals surface area contributed by atoms with Crippen LogP contribution in [0.3, 0.4) is 0 Å². The van der Waals surface area contributed by atoms with Crippen LogP contribution < -0.4 is 9.55 Å². The van der Waals surface area contributed by atoms with Crippen molar-refractivity contribution in [1.29, 1.82) is 10.5 Å². The average Bonchev–Trinajstić information content (AvgIpc) is 2.80. The van der Waals surface area contributed by atoms with Crippen molar-refractivity contribution in [1.82, 2.24) is 4.65 Å². The second kappa shape index (κ2) is 7.16. The molecule has 1 heterocycles. The number of quaternary nitrogens is 1. The third kappa shape index (κ3) is 3.08. The lowest BCUT2D eigenvalue weighted by Gasteiger charge is -2.38. The molecule has 22 heavy (non-hydrogen) atoms. The third-order valence-corrected chi connectivity index (χ3v) is 8.15. The summed E-state index contributed by atoms with van der Waals surface area (Å²) in [5, 5.41) is 30.9. The molecule has 0 radical (unpaired) electrons. The summed E-state index contributed by atoms with van der Waals surface area (Å²) in [5.41, 5.74) is 1.35. The highest BCUT2D eigenvalue weighted by atomic mass is 79.9. The summed E-state index contributed by atoms with van der Waals surface area (Å²) in [5.74, 6) is 0. The Morgan fingerprint density at radius 3 is 2.18 bits per heavy atom. The molecule has 1 aliphatic rings. The number of hydroxylamine groups is 2. The van der Waals surface area contributed by atoms with Gasteiger partial charge in [0.15, 0.2) is 12.4 Å². The second-order valence-electron chi connectivity index (χ2n) is 4.79. The Morgan fingerprint density at radius 1 is 1.00 bits per heavy atom. The molecule has 1 atom stereocenters. The fraction of sp³-hybridized carbons (Fsp3) is 0.385. The van der Waals surface area contributed by atoms with Gasteiger partial charge in [-0.25, -0.2) is 0 Å². The quantitative estimate of drug-likeness (QED) is 0.222. The SMILES string of the molecule is N#CCCN1C[N+]([O-])(CCC#N)c2c(Br)c(Br)c(Br)c(Br)c21. The van der Waals surface area contributed by atoms with Crippen LogP contribution in [0.1, 0.15) is 12.8 Å². The molecule has 1 aliphatic heterocycles. The van der Waals surface area contributed by atoms with Crippen molar-refractivity contribution in [2.75, 3.05) is 24.7 Å². The molecule has 0 fully saturated rings. The number of hydrogen-bond donors (Lipinski definition) is 0. The molecule has 0 saturated heterocycles. The van der Waals surface area contributed by atoms with Gasteiger partial charge in [-0.3, -0.25) is 0 Å². The van der Waals surface area contributed by atoms with E-state index in [2.05, 4.69) is 69.8 Å². The maximum atomic E-state index is 13.3. The van der Waals surface area contributed by atoms with Gasteiger partial charge in [0, 0.05) is 11.0 Å². The zero-order chi connectivity index (χ0) is 16.5. The lowest BCUT2D eigenvalue weighted by Crippen LogP contribution is -2.46. The fourth-order valence-electron chi connectivity index (χ4n) is 2.47. The number of benzene rings is 1. The van der Waals surface area contributed by atoms with Crippen molar-refractivity contribution in [3.05, 3.63) is 23.1 Å². The predicted octanol–water partition coefficient (Wildman–Crippen LogP) is 5.15. The number of halogens is 4. The summed E-state index contributed by atoms with van der Waals surface area (Å²) < 4.78 is 2.37. The third-order valence-electron chi connectivity index (χ3n) is 3.42. The van der Waals surface area contributed by atoms with Crippen molar-refractivity contribution in [3.8, 4) is 12.1 Å². The highest BCUT2D eigenvalue weighted by Gasteiger charge is 2.41. The molecule has 0 aromatic heterocycles. The van der Waals surface area contributed by atoms with Crippen LogP contribution in [0.2, 0.25) is 0 Å². The Morgan fingerprint density at radius 2 is 1.59 bits per heavy atom. The first-order chi connectivity index (χ1) is 10.4. The zero-order valence-corrected chi connectivity index (χ0v) is 17.6. The first-order valence-electron chi connectivity index (χ1n) is 6.30. The molecule has 1 aromatic rings. The van der Waals surface area contributed by atoms with E-state index in [-0.39, 0.29) is 19.6 Å². The minimum absolute atomic E-state index is 0.172. The van der Waals surface area contributed by atoms with Gasteiger partial charge in [-0.2, -0.15) is 10.5 Å². The second-order valence-corrected chi connectivity index (χ2v) is 7.96. The van der Waals surface area contributed by atoms with Crippen LogP contribution >= 0.6 is 63.7 Å². The van der Waals surface area contributed by atoms with E-state index < -0.39 is 4.65 Å². The normalized spacial score (nSPS) is 19.7. The van der Waals surface area contributed by atoms with E-state index in [1.165, 1.54) is 0 Å². The van der Waals surface area contributed by atoms with E-state index in [1.54, 1.807) is 0 Å². The summed E-state index contributed by atoms with van der Waals surface area (Å²) in [6.07, 6.45) is 0.502. The van der Waals surface area contributed by atoms with Crippen LogP contribution in [0.15, 0.2) is 17.9 Å². The molecule has 0 spiro atoms. The molecule has 0 N–H and O–H groups in total. The van der Waals surface area contributed by atoms with Gasteiger partial charge in [0.05, 0.1) is 44.9 Å². The molecule has 2 rings (SSSR count). The number of anilines is 1. The molecular weight excluding hydrogens is 548 g/mol. The van der Waals surface area contributed by atoms with E-state index in [1.807, 2.05) is 11.0 Å². The monoisotopic (exact) mass is 554 g/mol. The largest absolute Gasteiger partial charge is 0.626 e. The molecule has 1 aromatic carbocycles. The Hall–Kier alpha value is -0.160. The van der Waals surface area contributed by atoms with E-state index in [4.69, 9.17) is 10.5 Å². The molecule has 9 heteroatoms. The van der Waals surface area contributed by atoms with Gasteiger partial charge < -0.3 is 14.8 Å². The van der Waals surface area contributed by atoms with Gasteiger partial charge in [-0.15, -0.1) is 0 Å². The van der Waals surface area contributed by atoms with Crippen LogP contribution in [-0.2, 0) is 0 Å². The maximum Gasteiger partial charge on any atom is 0.174 e. The molecule has 0 amide bonds. The summed E-state index contributed by atoms with van der Waals surface area (Å²) >= 11 is 14.0. The van der Waals surface area contributed by atoms with Crippen molar-refractivity contribution in [3.63, 3.8) is 0 Å². The smallest absolute Gasteiger partial charge is 0.174 e. The Bertz CT molecular complexity index is 697. The first kappa shape index (κ1) is 18.2. The molecule has 0 bridgehead atoms. The number of hydrogen-bond acceptors (Lipinski definition) is 4. The van der Waals surface area contributed by atoms with Gasteiger partial charge in [0.1, 0.15) is 5.69 Å². The highest BCUT2D eigenvalue weighted by Crippen LogP contribution is 2.55. The van der Waals surface area contributed by atoms with Gasteiger partial charge in [-0.05, 0) is 63.7 Å². The summed E-state index contributed by atoms with van der Waals surface area (Å²) in [7, 11) is 0. The molecular formula is C13H10Br4N4O. The number of rotatable bonds is 4. The number of nitriles is 2. The van der Waals surface area contributed by atoms with Crippen LogP contribution in [0.5, 0.6) is 0 Å². The van der Waals surface area contributed by atoms with Gasteiger partial charge in [0.25, 0.3) is 0 Å². The van der Waals surface area contributed by atoms with Crippen LogP contribution in [0, 0.1) is 27.9 Å². The summed E-state index contributed by atoms with van der Waals surface area (Å²) in [6, 6.07) is 4.14. The van der Waals surface area contributed by atoms with E-state index in [9.17, 15) is 5.21 Å². The molecule has 5 nitrogen and oxygen atoms in total. The highest BCUT2D eigenvalue weighted by molar-refractivity contribution is 9.15. The molecule has 0 aliphatic carbocycles. The van der Waals surface area contributed by atoms with Crippen LogP contribution in [-0.4, -0.2) is 19.8 Å². The molecule has 0 saturated carbocycles.